The highest BCUT2D eigenvalue weighted by Gasteiger charge is 2.31. The zero-order valence-electron chi connectivity index (χ0n) is 12.4. The first-order valence-electron chi connectivity index (χ1n) is 7.13. The Balaban J connectivity index is 1.98. The molecule has 1 N–H and O–H groups in total. The first kappa shape index (κ1) is 15.0. The molecule has 1 aromatic rings. The summed E-state index contributed by atoms with van der Waals surface area (Å²) in [5.41, 5.74) is 0.424. The summed E-state index contributed by atoms with van der Waals surface area (Å²) >= 11 is 0. The molecule has 0 aliphatic heterocycles. The summed E-state index contributed by atoms with van der Waals surface area (Å²) in [4.78, 5) is 14.1. The summed E-state index contributed by atoms with van der Waals surface area (Å²) in [6.07, 6.45) is 2.19. The minimum Gasteiger partial charge on any atom is -0.350 e. The highest BCUT2D eigenvalue weighted by molar-refractivity contribution is 5.78. The van der Waals surface area contributed by atoms with Gasteiger partial charge in [0.25, 0.3) is 0 Å². The van der Waals surface area contributed by atoms with Crippen LogP contribution < -0.4 is 5.32 Å². The zero-order chi connectivity index (χ0) is 14.8. The van der Waals surface area contributed by atoms with Gasteiger partial charge in [-0.15, -0.1) is 0 Å². The smallest absolute Gasteiger partial charge is 0.234 e. The normalized spacial score (nSPS) is 15.4. The molecule has 1 aliphatic rings. The van der Waals surface area contributed by atoms with E-state index in [4.69, 9.17) is 0 Å². The van der Waals surface area contributed by atoms with Crippen molar-refractivity contribution in [3.05, 3.63) is 35.6 Å². The number of nitrogens with one attached hydrogen (secondary N) is 1. The van der Waals surface area contributed by atoms with E-state index in [1.165, 1.54) is 6.07 Å². The summed E-state index contributed by atoms with van der Waals surface area (Å²) in [6, 6.07) is 7.19. The van der Waals surface area contributed by atoms with Crippen molar-refractivity contribution >= 4 is 5.91 Å². The zero-order valence-corrected chi connectivity index (χ0v) is 12.4. The number of amides is 1. The predicted octanol–water partition coefficient (Wildman–Crippen LogP) is 2.70. The molecule has 1 aliphatic carbocycles. The number of rotatable bonds is 5. The predicted molar refractivity (Wildman–Crippen MR) is 77.7 cm³/mol. The molecule has 0 atom stereocenters. The minimum atomic E-state index is -0.232. The van der Waals surface area contributed by atoms with Crippen molar-refractivity contribution in [3.63, 3.8) is 0 Å². The Hall–Kier alpha value is -1.42. The molecule has 3 nitrogen and oxygen atoms in total. The van der Waals surface area contributed by atoms with Crippen molar-refractivity contribution in [2.75, 3.05) is 6.54 Å². The summed E-state index contributed by atoms with van der Waals surface area (Å²) in [7, 11) is 0. The summed E-state index contributed by atoms with van der Waals surface area (Å²) in [5, 5.41) is 2.96. The summed E-state index contributed by atoms with van der Waals surface area (Å²) in [5.74, 6) is -0.199. The monoisotopic (exact) mass is 278 g/mol. The van der Waals surface area contributed by atoms with Crippen LogP contribution in [0, 0.1) is 5.82 Å². The van der Waals surface area contributed by atoms with Gasteiger partial charge < -0.3 is 5.32 Å². The quantitative estimate of drug-likeness (QED) is 0.898. The van der Waals surface area contributed by atoms with Crippen LogP contribution in [0.1, 0.15) is 39.2 Å². The van der Waals surface area contributed by atoms with Gasteiger partial charge in [-0.1, -0.05) is 18.2 Å². The second-order valence-corrected chi connectivity index (χ2v) is 6.53. The van der Waals surface area contributed by atoms with E-state index < -0.39 is 0 Å². The molecule has 0 saturated heterocycles. The van der Waals surface area contributed by atoms with Crippen molar-refractivity contribution in [3.8, 4) is 0 Å². The third-order valence-electron chi connectivity index (χ3n) is 3.26. The van der Waals surface area contributed by atoms with E-state index in [9.17, 15) is 9.18 Å². The lowest BCUT2D eigenvalue weighted by Gasteiger charge is -2.25. The highest BCUT2D eigenvalue weighted by atomic mass is 19.1. The fraction of sp³-hybridized carbons (Fsp3) is 0.562. The molecule has 4 heteroatoms. The van der Waals surface area contributed by atoms with Crippen LogP contribution in [-0.2, 0) is 11.3 Å². The number of hydrogen-bond donors (Lipinski definition) is 1. The van der Waals surface area contributed by atoms with Crippen molar-refractivity contribution in [2.45, 2.75) is 51.7 Å². The molecule has 0 aromatic heterocycles. The van der Waals surface area contributed by atoms with Gasteiger partial charge in [0, 0.05) is 23.7 Å². The molecule has 1 amide bonds. The second-order valence-electron chi connectivity index (χ2n) is 6.53. The van der Waals surface area contributed by atoms with Gasteiger partial charge in [-0.25, -0.2) is 4.39 Å². The first-order chi connectivity index (χ1) is 9.35. The number of hydrogen-bond acceptors (Lipinski definition) is 2. The van der Waals surface area contributed by atoms with Crippen LogP contribution >= 0.6 is 0 Å². The molecule has 1 saturated carbocycles. The van der Waals surface area contributed by atoms with Crippen LogP contribution in [0.3, 0.4) is 0 Å². The lowest BCUT2D eigenvalue weighted by Crippen LogP contribution is -2.46. The third-order valence-corrected chi connectivity index (χ3v) is 3.26. The molecule has 1 aromatic carbocycles. The highest BCUT2D eigenvalue weighted by Crippen LogP contribution is 2.28. The van der Waals surface area contributed by atoms with Gasteiger partial charge in [0.2, 0.25) is 5.91 Å². The third kappa shape index (κ3) is 4.60. The lowest BCUT2D eigenvalue weighted by molar-refractivity contribution is -0.123. The average Bonchev–Trinajstić information content (AvgIpc) is 3.12. The van der Waals surface area contributed by atoms with Crippen molar-refractivity contribution < 1.29 is 9.18 Å². The molecule has 110 valence electrons. The minimum absolute atomic E-state index is 0.000685. The maximum absolute atomic E-state index is 13.7. The number of carbonyl (C=O) groups excluding carboxylic acids is 1. The Kier molecular flexibility index (Phi) is 4.43. The van der Waals surface area contributed by atoms with Gasteiger partial charge in [0.05, 0.1) is 6.54 Å². The van der Waals surface area contributed by atoms with Crippen LogP contribution in [0.2, 0.25) is 0 Å². The van der Waals surface area contributed by atoms with Crippen LogP contribution in [0.5, 0.6) is 0 Å². The van der Waals surface area contributed by atoms with Crippen LogP contribution in [0.15, 0.2) is 24.3 Å². The van der Waals surface area contributed by atoms with Crippen molar-refractivity contribution in [1.29, 1.82) is 0 Å². The van der Waals surface area contributed by atoms with Crippen molar-refractivity contribution in [2.24, 2.45) is 0 Å². The maximum Gasteiger partial charge on any atom is 0.234 e. The standard InChI is InChI=1S/C16H23FN2O/c1-16(2,3)18-15(20)11-19(13-8-9-13)10-12-6-4-5-7-14(12)17/h4-7,13H,8-11H2,1-3H3,(H,18,20). The van der Waals surface area contributed by atoms with E-state index in [2.05, 4.69) is 10.2 Å². The Morgan fingerprint density at radius 1 is 1.35 bits per heavy atom. The molecule has 20 heavy (non-hydrogen) atoms. The Morgan fingerprint density at radius 2 is 2.00 bits per heavy atom. The summed E-state index contributed by atoms with van der Waals surface area (Å²) in [6.45, 7) is 6.71. The average molecular weight is 278 g/mol. The number of benzene rings is 1. The molecule has 0 radical (unpaired) electrons. The molecular formula is C16H23FN2O. The Bertz CT molecular complexity index is 478. The fourth-order valence-corrected chi connectivity index (χ4v) is 2.24. The summed E-state index contributed by atoms with van der Waals surface area (Å²) < 4.78 is 13.7. The first-order valence-corrected chi connectivity index (χ1v) is 7.13. The molecule has 0 spiro atoms. The molecular weight excluding hydrogens is 255 g/mol. The van der Waals surface area contributed by atoms with Gasteiger partial charge in [0.1, 0.15) is 5.82 Å². The molecule has 1 fully saturated rings. The van der Waals surface area contributed by atoms with Crippen LogP contribution in [0.4, 0.5) is 4.39 Å². The number of halogens is 1. The molecule has 0 heterocycles. The number of carbonyl (C=O) groups is 1. The van der Waals surface area contributed by atoms with E-state index in [1.54, 1.807) is 12.1 Å². The van der Waals surface area contributed by atoms with Crippen molar-refractivity contribution in [1.82, 2.24) is 10.2 Å². The molecule has 0 unspecified atom stereocenters. The Labute approximate surface area is 120 Å². The number of nitrogens with zero attached hydrogens (tertiary/aromatic N) is 1. The van der Waals surface area contributed by atoms with E-state index >= 15 is 0 Å². The Morgan fingerprint density at radius 3 is 2.55 bits per heavy atom. The van der Waals surface area contributed by atoms with Crippen LogP contribution in [0.25, 0.3) is 0 Å². The largest absolute Gasteiger partial charge is 0.350 e. The van der Waals surface area contributed by atoms with E-state index in [0.29, 0.717) is 24.7 Å². The van der Waals surface area contributed by atoms with Gasteiger partial charge in [-0.05, 0) is 39.7 Å². The second kappa shape index (κ2) is 5.92. The van der Waals surface area contributed by atoms with E-state index in [-0.39, 0.29) is 17.3 Å². The topological polar surface area (TPSA) is 32.3 Å². The molecule has 0 bridgehead atoms. The lowest BCUT2D eigenvalue weighted by atomic mass is 10.1. The SMILES string of the molecule is CC(C)(C)NC(=O)CN(Cc1ccccc1F)C1CC1. The fourth-order valence-electron chi connectivity index (χ4n) is 2.24. The molecule has 2 rings (SSSR count). The van der Waals surface area contributed by atoms with E-state index in [1.807, 2.05) is 26.8 Å². The van der Waals surface area contributed by atoms with Gasteiger partial charge in [-0.2, -0.15) is 0 Å². The van der Waals surface area contributed by atoms with E-state index in [0.717, 1.165) is 12.8 Å². The van der Waals surface area contributed by atoms with Gasteiger partial charge in [0.15, 0.2) is 0 Å². The van der Waals surface area contributed by atoms with Gasteiger partial charge >= 0.3 is 0 Å². The van der Waals surface area contributed by atoms with Gasteiger partial charge in [-0.3, -0.25) is 9.69 Å². The maximum atomic E-state index is 13.7. The van der Waals surface area contributed by atoms with Crippen LogP contribution in [-0.4, -0.2) is 28.9 Å².